The Morgan fingerprint density at radius 1 is 1.44 bits per heavy atom. The first-order valence-electron chi connectivity index (χ1n) is 4.88. The number of nitriles is 1. The zero-order valence-corrected chi connectivity index (χ0v) is 10.1. The van der Waals surface area contributed by atoms with E-state index in [1.165, 1.54) is 13.2 Å². The van der Waals surface area contributed by atoms with E-state index in [0.717, 1.165) is 6.07 Å². The highest BCUT2D eigenvalue weighted by molar-refractivity contribution is 5.61. The standard InChI is InChI=1S/C8H6N2O3.C3H8O2/c1-13-8-3-6(10-12)5(4-9)2-7(8)11;1-5-3-2-4/h2-3,11H,1H3;4H,2-3H2,1H3. The van der Waals surface area contributed by atoms with E-state index in [9.17, 15) is 10.0 Å². The average Bonchev–Trinajstić information content (AvgIpc) is 2.40. The van der Waals surface area contributed by atoms with E-state index >= 15 is 0 Å². The summed E-state index contributed by atoms with van der Waals surface area (Å²) >= 11 is 0. The summed E-state index contributed by atoms with van der Waals surface area (Å²) in [6, 6.07) is 4.07. The highest BCUT2D eigenvalue weighted by Crippen LogP contribution is 2.33. The fraction of sp³-hybridized carbons (Fsp3) is 0.364. The van der Waals surface area contributed by atoms with Crippen LogP contribution in [0, 0.1) is 16.2 Å². The molecular weight excluding hydrogens is 240 g/mol. The Morgan fingerprint density at radius 3 is 2.44 bits per heavy atom. The maximum absolute atomic E-state index is 10.2. The molecule has 1 rings (SSSR count). The second-order valence-corrected chi connectivity index (χ2v) is 2.96. The van der Waals surface area contributed by atoms with Crippen LogP contribution in [0.2, 0.25) is 0 Å². The van der Waals surface area contributed by atoms with Gasteiger partial charge in [-0.05, 0) is 5.18 Å². The van der Waals surface area contributed by atoms with E-state index in [4.69, 9.17) is 15.1 Å². The summed E-state index contributed by atoms with van der Waals surface area (Å²) in [5, 5.41) is 28.3. The van der Waals surface area contributed by atoms with Gasteiger partial charge in [-0.2, -0.15) is 5.26 Å². The minimum Gasteiger partial charge on any atom is -0.504 e. The number of nitroso groups, excluding NO2 is 1. The van der Waals surface area contributed by atoms with Gasteiger partial charge in [0.15, 0.2) is 11.5 Å². The molecule has 18 heavy (non-hydrogen) atoms. The fourth-order valence-electron chi connectivity index (χ4n) is 0.978. The SMILES string of the molecule is COCCO.COc1cc(N=O)c(C#N)cc1O. The Bertz CT molecular complexity index is 426. The number of benzene rings is 1. The van der Waals surface area contributed by atoms with E-state index < -0.39 is 0 Å². The van der Waals surface area contributed by atoms with Crippen LogP contribution in [0.1, 0.15) is 5.56 Å². The molecule has 1 aromatic rings. The van der Waals surface area contributed by atoms with Crippen molar-refractivity contribution in [3.8, 4) is 17.6 Å². The van der Waals surface area contributed by atoms with Crippen LogP contribution in [0.3, 0.4) is 0 Å². The second kappa shape index (κ2) is 8.92. The molecule has 0 heterocycles. The number of methoxy groups -OCH3 is 2. The van der Waals surface area contributed by atoms with Crippen LogP contribution in [0.5, 0.6) is 11.5 Å². The van der Waals surface area contributed by atoms with Crippen molar-refractivity contribution >= 4 is 5.69 Å². The van der Waals surface area contributed by atoms with Gasteiger partial charge in [0.2, 0.25) is 0 Å². The topological polar surface area (TPSA) is 112 Å². The minimum absolute atomic E-state index is 0.0216. The number of aliphatic hydroxyl groups excluding tert-OH is 1. The van der Waals surface area contributed by atoms with Crippen molar-refractivity contribution in [2.75, 3.05) is 27.4 Å². The molecule has 98 valence electrons. The number of hydrogen-bond donors (Lipinski definition) is 2. The van der Waals surface area contributed by atoms with Crippen molar-refractivity contribution in [2.24, 2.45) is 5.18 Å². The van der Waals surface area contributed by atoms with Gasteiger partial charge in [0.1, 0.15) is 11.8 Å². The summed E-state index contributed by atoms with van der Waals surface area (Å²) in [6.45, 7) is 0.566. The molecular formula is C11H14N2O5. The van der Waals surface area contributed by atoms with Crippen molar-refractivity contribution < 1.29 is 19.7 Å². The summed E-state index contributed by atoms with van der Waals surface area (Å²) in [5.41, 5.74) is -0.0227. The predicted octanol–water partition coefficient (Wildman–Crippen LogP) is 1.30. The van der Waals surface area contributed by atoms with Gasteiger partial charge in [-0.25, -0.2) is 0 Å². The Labute approximate surface area is 104 Å². The van der Waals surface area contributed by atoms with E-state index in [-0.39, 0.29) is 29.4 Å². The van der Waals surface area contributed by atoms with Crippen LogP contribution in [-0.4, -0.2) is 37.6 Å². The van der Waals surface area contributed by atoms with Crippen LogP contribution in [0.15, 0.2) is 17.3 Å². The number of phenolic OH excluding ortho intramolecular Hbond substituents is 1. The zero-order valence-electron chi connectivity index (χ0n) is 10.1. The van der Waals surface area contributed by atoms with Gasteiger partial charge in [0.05, 0.1) is 25.9 Å². The van der Waals surface area contributed by atoms with Crippen molar-refractivity contribution in [1.29, 1.82) is 5.26 Å². The van der Waals surface area contributed by atoms with Crippen LogP contribution < -0.4 is 4.74 Å². The monoisotopic (exact) mass is 254 g/mol. The highest BCUT2D eigenvalue weighted by Gasteiger charge is 2.09. The van der Waals surface area contributed by atoms with Gasteiger partial charge in [0.25, 0.3) is 0 Å². The van der Waals surface area contributed by atoms with E-state index in [1.807, 2.05) is 0 Å². The quantitative estimate of drug-likeness (QED) is 0.783. The molecule has 1 aromatic carbocycles. The third-order valence-corrected chi connectivity index (χ3v) is 1.81. The largest absolute Gasteiger partial charge is 0.504 e. The maximum Gasteiger partial charge on any atom is 0.162 e. The van der Waals surface area contributed by atoms with Gasteiger partial charge in [0, 0.05) is 19.2 Å². The minimum atomic E-state index is -0.188. The molecule has 0 spiro atoms. The predicted molar refractivity (Wildman–Crippen MR) is 63.8 cm³/mol. The van der Waals surface area contributed by atoms with Gasteiger partial charge in [-0.1, -0.05) is 0 Å². The Hall–Kier alpha value is -2.17. The van der Waals surface area contributed by atoms with Crippen molar-refractivity contribution in [3.05, 3.63) is 22.6 Å². The molecule has 0 amide bonds. The lowest BCUT2D eigenvalue weighted by molar-refractivity contribution is 0.135. The molecule has 7 heteroatoms. The molecule has 0 aliphatic heterocycles. The van der Waals surface area contributed by atoms with Gasteiger partial charge in [-0.3, -0.25) is 0 Å². The molecule has 0 aromatic heterocycles. The molecule has 0 aliphatic rings. The molecule has 0 saturated heterocycles. The van der Waals surface area contributed by atoms with Crippen molar-refractivity contribution in [3.63, 3.8) is 0 Å². The zero-order chi connectivity index (χ0) is 14.0. The number of aromatic hydroxyl groups is 1. The highest BCUT2D eigenvalue weighted by atomic mass is 16.5. The molecule has 7 nitrogen and oxygen atoms in total. The summed E-state index contributed by atoms with van der Waals surface area (Å²) in [7, 11) is 2.89. The van der Waals surface area contributed by atoms with Crippen LogP contribution >= 0.6 is 0 Å². The molecule has 0 unspecified atom stereocenters. The Morgan fingerprint density at radius 2 is 2.11 bits per heavy atom. The maximum atomic E-state index is 10.2. The van der Waals surface area contributed by atoms with Gasteiger partial charge >= 0.3 is 0 Å². The summed E-state index contributed by atoms with van der Waals surface area (Å²) < 4.78 is 9.17. The first kappa shape index (κ1) is 15.8. The van der Waals surface area contributed by atoms with Crippen LogP contribution in [0.25, 0.3) is 0 Å². The summed E-state index contributed by atoms with van der Waals surface area (Å²) in [5.74, 6) is -0.0694. The van der Waals surface area contributed by atoms with E-state index in [2.05, 4.69) is 9.91 Å². The first-order valence-corrected chi connectivity index (χ1v) is 4.88. The molecule has 0 saturated carbocycles. The number of phenols is 1. The van der Waals surface area contributed by atoms with Crippen LogP contribution in [0.4, 0.5) is 5.69 Å². The molecule has 0 atom stereocenters. The van der Waals surface area contributed by atoms with Gasteiger partial charge < -0.3 is 19.7 Å². The number of aliphatic hydroxyl groups is 1. The average molecular weight is 254 g/mol. The van der Waals surface area contributed by atoms with E-state index in [0.29, 0.717) is 6.61 Å². The number of nitrogens with zero attached hydrogens (tertiary/aromatic N) is 2. The normalized spacial score (nSPS) is 8.78. The lowest BCUT2D eigenvalue weighted by Crippen LogP contribution is -1.91. The summed E-state index contributed by atoms with van der Waals surface area (Å²) in [4.78, 5) is 10.2. The Kier molecular flexibility index (Phi) is 7.85. The van der Waals surface area contributed by atoms with Crippen LogP contribution in [-0.2, 0) is 4.74 Å². The number of hydrogen-bond acceptors (Lipinski definition) is 7. The lowest BCUT2D eigenvalue weighted by atomic mass is 10.2. The molecule has 2 N–H and O–H groups in total. The third-order valence-electron chi connectivity index (χ3n) is 1.81. The van der Waals surface area contributed by atoms with Gasteiger partial charge in [-0.15, -0.1) is 4.91 Å². The number of rotatable bonds is 4. The molecule has 0 radical (unpaired) electrons. The molecule has 0 fully saturated rings. The van der Waals surface area contributed by atoms with E-state index in [1.54, 1.807) is 13.2 Å². The lowest BCUT2D eigenvalue weighted by Gasteiger charge is -2.03. The molecule has 0 bridgehead atoms. The second-order valence-electron chi connectivity index (χ2n) is 2.96. The third kappa shape index (κ3) is 4.78. The van der Waals surface area contributed by atoms with Crippen molar-refractivity contribution in [1.82, 2.24) is 0 Å². The van der Waals surface area contributed by atoms with Crippen molar-refractivity contribution in [2.45, 2.75) is 0 Å². The summed E-state index contributed by atoms with van der Waals surface area (Å²) in [6.07, 6.45) is 0. The Balaban J connectivity index is 0.000000494. The fourth-order valence-corrected chi connectivity index (χ4v) is 0.978. The number of ether oxygens (including phenoxy) is 2. The first-order chi connectivity index (χ1) is 8.64. The smallest absolute Gasteiger partial charge is 0.162 e. The molecule has 0 aliphatic carbocycles.